The van der Waals surface area contributed by atoms with Gasteiger partial charge in [-0.05, 0) is 54.5 Å². The molecule has 2 atom stereocenters. The van der Waals surface area contributed by atoms with Crippen molar-refractivity contribution in [2.45, 2.75) is 59.7 Å². The van der Waals surface area contributed by atoms with Crippen LogP contribution >= 0.6 is 11.3 Å². The van der Waals surface area contributed by atoms with Gasteiger partial charge in [-0.2, -0.15) is 0 Å². The second kappa shape index (κ2) is 9.44. The van der Waals surface area contributed by atoms with E-state index in [0.717, 1.165) is 28.7 Å². The van der Waals surface area contributed by atoms with Gasteiger partial charge in [-0.1, -0.05) is 50.2 Å². The molecule has 8 nitrogen and oxygen atoms in total. The van der Waals surface area contributed by atoms with Gasteiger partial charge in [0.25, 0.3) is 0 Å². The zero-order chi connectivity index (χ0) is 25.5. The fraction of sp³-hybridized carbons (Fsp3) is 0.481. The van der Waals surface area contributed by atoms with Crippen molar-refractivity contribution in [3.8, 4) is 5.88 Å². The van der Waals surface area contributed by atoms with E-state index in [1.165, 1.54) is 12.8 Å². The molecule has 1 aliphatic carbocycles. The van der Waals surface area contributed by atoms with Crippen LogP contribution in [-0.4, -0.2) is 45.4 Å². The van der Waals surface area contributed by atoms with E-state index in [1.54, 1.807) is 11.3 Å². The smallest absolute Gasteiger partial charge is 0.304 e. The third-order valence-corrected chi connectivity index (χ3v) is 8.27. The van der Waals surface area contributed by atoms with E-state index in [9.17, 15) is 9.90 Å². The Kier molecular flexibility index (Phi) is 6.46. The zero-order valence-electron chi connectivity index (χ0n) is 21.3. The number of rotatable bonds is 7. The lowest BCUT2D eigenvalue weighted by Crippen LogP contribution is -2.35. The molecule has 1 amide bonds. The summed E-state index contributed by atoms with van der Waals surface area (Å²) < 4.78 is 1.89. The molecule has 2 aromatic heterocycles. The highest BCUT2D eigenvalue weighted by atomic mass is 32.1. The van der Waals surface area contributed by atoms with Crippen LogP contribution in [0.1, 0.15) is 51.8 Å². The van der Waals surface area contributed by atoms with Gasteiger partial charge in [0.1, 0.15) is 0 Å². The number of aromatic hydroxyl groups is 1. The Morgan fingerprint density at radius 3 is 2.78 bits per heavy atom. The third-order valence-electron chi connectivity index (χ3n) is 7.29. The van der Waals surface area contributed by atoms with Crippen molar-refractivity contribution < 1.29 is 14.7 Å². The van der Waals surface area contributed by atoms with E-state index in [1.807, 2.05) is 53.3 Å². The quantitative estimate of drug-likeness (QED) is 0.230. The van der Waals surface area contributed by atoms with Gasteiger partial charge in [0.15, 0.2) is 12.3 Å². The molecule has 1 N–H and O–H groups in total. The first-order chi connectivity index (χ1) is 17.1. The molecule has 2 fully saturated rings. The highest BCUT2D eigenvalue weighted by Gasteiger charge is 2.49. The molecule has 2 aliphatic rings. The molecule has 2 unspecified atom stereocenters. The summed E-state index contributed by atoms with van der Waals surface area (Å²) in [5, 5.41) is 25.8. The number of thiophene rings is 1. The molecule has 1 saturated heterocycles. The summed E-state index contributed by atoms with van der Waals surface area (Å²) in [4.78, 5) is 20.9. The summed E-state index contributed by atoms with van der Waals surface area (Å²) in [6.07, 6.45) is 3.55. The molecule has 9 heteroatoms. The van der Waals surface area contributed by atoms with Gasteiger partial charge < -0.3 is 9.94 Å². The number of hydrogen-bond acceptors (Lipinski definition) is 7. The van der Waals surface area contributed by atoms with Gasteiger partial charge in [0, 0.05) is 18.0 Å². The van der Waals surface area contributed by atoms with Gasteiger partial charge in [-0.25, -0.2) is 0 Å². The highest BCUT2D eigenvalue weighted by Crippen LogP contribution is 2.53. The molecular formula is C27H33N5O3S. The Labute approximate surface area is 215 Å². The highest BCUT2D eigenvalue weighted by molar-refractivity contribution is 7.12. The number of benzene rings is 1. The Morgan fingerprint density at radius 1 is 1.19 bits per heavy atom. The lowest BCUT2D eigenvalue weighted by Gasteiger charge is -2.40. The number of amides is 1. The number of oxime groups is 1. The number of fused-ring (bicyclic) bond motifs is 3. The number of hydrogen-bond donors (Lipinski definition) is 1. The van der Waals surface area contributed by atoms with Gasteiger partial charge >= 0.3 is 5.91 Å². The molecule has 3 heterocycles. The topological polar surface area (TPSA) is 91.8 Å². The number of carbonyl (C=O) groups excluding carboxylic acids is 1. The van der Waals surface area contributed by atoms with Gasteiger partial charge in [0.05, 0.1) is 22.8 Å². The minimum atomic E-state index is -0.572. The molecule has 2 bridgehead atoms. The second-order valence-corrected chi connectivity index (χ2v) is 12.2. The summed E-state index contributed by atoms with van der Waals surface area (Å²) in [5.41, 5.74) is 2.48. The van der Waals surface area contributed by atoms with Crippen molar-refractivity contribution in [2.24, 2.45) is 26.2 Å². The van der Waals surface area contributed by atoms with E-state index in [4.69, 9.17) is 4.84 Å². The predicted octanol–water partition coefficient (Wildman–Crippen LogP) is 6.32. The van der Waals surface area contributed by atoms with Crippen molar-refractivity contribution in [1.82, 2.24) is 9.47 Å². The molecule has 3 aromatic rings. The maximum Gasteiger partial charge on any atom is 0.304 e. The lowest BCUT2D eigenvalue weighted by atomic mass is 9.65. The molecule has 190 valence electrons. The van der Waals surface area contributed by atoms with Crippen LogP contribution in [-0.2, 0) is 16.3 Å². The summed E-state index contributed by atoms with van der Waals surface area (Å²) in [6, 6.07) is 12.0. The summed E-state index contributed by atoms with van der Waals surface area (Å²) in [7, 11) is 0. The minimum absolute atomic E-state index is 0.0195. The first-order valence-electron chi connectivity index (χ1n) is 12.3. The van der Waals surface area contributed by atoms with Crippen LogP contribution in [0.4, 0.5) is 5.69 Å². The van der Waals surface area contributed by atoms with Crippen molar-refractivity contribution in [3.63, 3.8) is 0 Å². The van der Waals surface area contributed by atoms with Crippen molar-refractivity contribution >= 4 is 39.5 Å². The van der Waals surface area contributed by atoms with Crippen molar-refractivity contribution in [1.29, 1.82) is 0 Å². The third kappa shape index (κ3) is 4.95. The van der Waals surface area contributed by atoms with Crippen LogP contribution in [0.2, 0.25) is 0 Å². The minimum Gasteiger partial charge on any atom is -0.493 e. The average Bonchev–Trinajstić information content (AvgIpc) is 3.49. The predicted molar refractivity (Wildman–Crippen MR) is 142 cm³/mol. The normalized spacial score (nSPS) is 24.1. The standard InChI is InChI=1S/C27H33N5O3S/c1-18(22-10-7-11-36-22)30-35-14-23(33)28-29-24-20-8-5-6-9-21(20)32(25(24)34)17-31-16-27(4)13-19(31)12-26(2,3)15-27/h5-11,19,34H,12-17H2,1-4H3/b29-28?,30-18-. The lowest BCUT2D eigenvalue weighted by molar-refractivity contribution is -0.122. The summed E-state index contributed by atoms with van der Waals surface area (Å²) in [6.45, 7) is 10.2. The molecular weight excluding hydrogens is 474 g/mol. The zero-order valence-corrected chi connectivity index (χ0v) is 22.1. The van der Waals surface area contributed by atoms with E-state index in [0.29, 0.717) is 34.9 Å². The van der Waals surface area contributed by atoms with E-state index >= 15 is 0 Å². The molecule has 36 heavy (non-hydrogen) atoms. The molecule has 1 aromatic carbocycles. The molecule has 0 radical (unpaired) electrons. The summed E-state index contributed by atoms with van der Waals surface area (Å²) in [5.74, 6) is -0.552. The maximum atomic E-state index is 12.3. The summed E-state index contributed by atoms with van der Waals surface area (Å²) >= 11 is 1.55. The van der Waals surface area contributed by atoms with E-state index in [2.05, 4.69) is 41.1 Å². The number of aromatic nitrogens is 1. The first kappa shape index (κ1) is 24.6. The monoisotopic (exact) mass is 507 g/mol. The van der Waals surface area contributed by atoms with Crippen LogP contribution in [0.25, 0.3) is 10.9 Å². The average molecular weight is 508 g/mol. The first-order valence-corrected chi connectivity index (χ1v) is 13.2. The largest absolute Gasteiger partial charge is 0.493 e. The van der Waals surface area contributed by atoms with Gasteiger partial charge in [0.2, 0.25) is 5.88 Å². The van der Waals surface area contributed by atoms with Crippen LogP contribution in [0.15, 0.2) is 57.2 Å². The fourth-order valence-corrected chi connectivity index (χ4v) is 6.95. The SMILES string of the molecule is C/C(=N/OCC(=O)N=Nc1c(O)n(CN2CC3(C)CC2CC(C)(C)C3)c2ccccc12)c1cccs1. The van der Waals surface area contributed by atoms with Crippen LogP contribution in [0.5, 0.6) is 5.88 Å². The number of para-hydroxylation sites is 1. The second-order valence-electron chi connectivity index (χ2n) is 11.2. The van der Waals surface area contributed by atoms with Crippen molar-refractivity contribution in [3.05, 3.63) is 46.7 Å². The van der Waals surface area contributed by atoms with E-state index in [-0.39, 0.29) is 12.5 Å². The van der Waals surface area contributed by atoms with Gasteiger partial charge in [-0.15, -0.1) is 21.6 Å². The fourth-order valence-electron chi connectivity index (χ4n) is 6.29. The molecule has 1 saturated carbocycles. The van der Waals surface area contributed by atoms with Crippen molar-refractivity contribution in [2.75, 3.05) is 13.2 Å². The Bertz CT molecular complexity index is 1330. The molecule has 0 spiro atoms. The number of nitrogens with zero attached hydrogens (tertiary/aromatic N) is 5. The number of likely N-dealkylation sites (tertiary alicyclic amines) is 1. The Hall–Kier alpha value is -3.04. The van der Waals surface area contributed by atoms with Gasteiger partial charge in [-0.3, -0.25) is 14.3 Å². The molecule has 5 rings (SSSR count). The van der Waals surface area contributed by atoms with Crippen LogP contribution < -0.4 is 0 Å². The Morgan fingerprint density at radius 2 is 2.00 bits per heavy atom. The number of carbonyl (C=O) groups is 1. The van der Waals surface area contributed by atoms with Crippen LogP contribution in [0, 0.1) is 10.8 Å². The Balaban J connectivity index is 1.33. The van der Waals surface area contributed by atoms with E-state index < -0.39 is 5.91 Å². The number of azo groups is 1. The van der Waals surface area contributed by atoms with Crippen LogP contribution in [0.3, 0.4) is 0 Å². The maximum absolute atomic E-state index is 12.3. The molecule has 1 aliphatic heterocycles.